The van der Waals surface area contributed by atoms with E-state index in [1.54, 1.807) is 11.3 Å². The van der Waals surface area contributed by atoms with Crippen molar-refractivity contribution in [2.24, 2.45) is 4.99 Å². The Bertz CT molecular complexity index is 651. The number of aliphatic imine (C=N–C) groups is 1. The molecule has 0 saturated carbocycles. The van der Waals surface area contributed by atoms with Gasteiger partial charge >= 0.3 is 0 Å². The number of aromatic nitrogens is 1. The minimum Gasteiger partial charge on any atom is -0.361 e. The lowest BCUT2D eigenvalue weighted by Gasteiger charge is -2.21. The van der Waals surface area contributed by atoms with E-state index >= 15 is 0 Å². The molecule has 8 heteroatoms. The van der Waals surface area contributed by atoms with Gasteiger partial charge in [-0.05, 0) is 39.3 Å². The summed E-state index contributed by atoms with van der Waals surface area (Å²) in [6.45, 7) is 8.29. The van der Waals surface area contributed by atoms with E-state index in [9.17, 15) is 0 Å². The fourth-order valence-electron chi connectivity index (χ4n) is 2.35. The summed E-state index contributed by atoms with van der Waals surface area (Å²) in [6.07, 6.45) is 0.828. The lowest BCUT2D eigenvalue weighted by molar-refractivity contribution is 0.392. The van der Waals surface area contributed by atoms with Gasteiger partial charge in [0, 0.05) is 30.6 Å². The molecular formula is C16H24ClIN4OS. The number of aryl methyl sites for hydroxylation is 2. The van der Waals surface area contributed by atoms with Crippen LogP contribution in [0.4, 0.5) is 0 Å². The molecule has 0 saturated heterocycles. The fraction of sp³-hybridized carbons (Fsp3) is 0.500. The summed E-state index contributed by atoms with van der Waals surface area (Å²) >= 11 is 7.59. The van der Waals surface area contributed by atoms with E-state index in [-0.39, 0.29) is 24.0 Å². The summed E-state index contributed by atoms with van der Waals surface area (Å²) in [5.74, 6) is 1.77. The van der Waals surface area contributed by atoms with Gasteiger partial charge in [0.05, 0.1) is 16.6 Å². The van der Waals surface area contributed by atoms with Crippen molar-refractivity contribution in [1.29, 1.82) is 0 Å². The predicted octanol–water partition coefficient (Wildman–Crippen LogP) is 4.26. The van der Waals surface area contributed by atoms with Crippen molar-refractivity contribution in [3.8, 4) is 0 Å². The molecule has 134 valence electrons. The van der Waals surface area contributed by atoms with Crippen molar-refractivity contribution >= 4 is 52.9 Å². The molecular weight excluding hydrogens is 459 g/mol. The predicted molar refractivity (Wildman–Crippen MR) is 112 cm³/mol. The molecule has 0 amide bonds. The number of nitrogens with one attached hydrogen (secondary N) is 1. The lowest BCUT2D eigenvalue weighted by Crippen LogP contribution is -2.38. The summed E-state index contributed by atoms with van der Waals surface area (Å²) in [5, 5.41) is 7.31. The molecule has 0 unspecified atom stereocenters. The summed E-state index contributed by atoms with van der Waals surface area (Å²) in [7, 11) is 2.03. The molecule has 5 nitrogen and oxygen atoms in total. The Morgan fingerprint density at radius 2 is 2.17 bits per heavy atom. The molecule has 2 aromatic heterocycles. The van der Waals surface area contributed by atoms with Gasteiger partial charge in [-0.15, -0.1) is 35.3 Å². The second kappa shape index (κ2) is 10.2. The number of rotatable bonds is 6. The number of guanidine groups is 1. The third-order valence-corrected chi connectivity index (χ3v) is 4.74. The third-order valence-electron chi connectivity index (χ3n) is 3.52. The van der Waals surface area contributed by atoms with Crippen molar-refractivity contribution in [2.45, 2.75) is 33.7 Å². The number of halogens is 2. The molecule has 2 heterocycles. The van der Waals surface area contributed by atoms with E-state index in [2.05, 4.69) is 28.4 Å². The van der Waals surface area contributed by atoms with E-state index in [1.165, 1.54) is 4.88 Å². The van der Waals surface area contributed by atoms with Gasteiger partial charge < -0.3 is 14.7 Å². The largest absolute Gasteiger partial charge is 0.361 e. The molecule has 0 spiro atoms. The maximum atomic E-state index is 5.99. The number of hydrogen-bond donors (Lipinski definition) is 1. The summed E-state index contributed by atoms with van der Waals surface area (Å²) < 4.78 is 6.01. The quantitative estimate of drug-likeness (QED) is 0.380. The Kier molecular flexibility index (Phi) is 9.07. The fourth-order valence-corrected chi connectivity index (χ4v) is 3.49. The zero-order chi connectivity index (χ0) is 16.8. The standard InChI is InChI=1S/C16H23ClN4OS.HI/c1-5-18-16(21(4)10-13-6-7-15(17)23-13)19-9-8-14-11(2)20-22-12(14)3;/h6-7H,5,8-10H2,1-4H3,(H,18,19);1H. The van der Waals surface area contributed by atoms with E-state index in [1.807, 2.05) is 27.0 Å². The van der Waals surface area contributed by atoms with Crippen LogP contribution < -0.4 is 5.32 Å². The van der Waals surface area contributed by atoms with Gasteiger partial charge in [-0.25, -0.2) is 0 Å². The van der Waals surface area contributed by atoms with Gasteiger partial charge in [0.2, 0.25) is 0 Å². The summed E-state index contributed by atoms with van der Waals surface area (Å²) in [6, 6.07) is 3.98. The molecule has 2 aromatic rings. The molecule has 0 atom stereocenters. The molecule has 0 aliphatic carbocycles. The molecule has 2 rings (SSSR count). The Morgan fingerprint density at radius 1 is 1.42 bits per heavy atom. The average molecular weight is 483 g/mol. The average Bonchev–Trinajstić information content (AvgIpc) is 3.05. The first-order valence-corrected chi connectivity index (χ1v) is 8.86. The van der Waals surface area contributed by atoms with Crippen LogP contribution in [0, 0.1) is 13.8 Å². The zero-order valence-electron chi connectivity index (χ0n) is 14.4. The molecule has 0 aliphatic heterocycles. The van der Waals surface area contributed by atoms with E-state index in [0.29, 0.717) is 6.54 Å². The first-order chi connectivity index (χ1) is 11.0. The smallest absolute Gasteiger partial charge is 0.193 e. The van der Waals surface area contributed by atoms with Crippen LogP contribution in [0.3, 0.4) is 0 Å². The van der Waals surface area contributed by atoms with Gasteiger partial charge in [-0.3, -0.25) is 4.99 Å². The molecule has 0 bridgehead atoms. The van der Waals surface area contributed by atoms with Gasteiger partial charge in [-0.1, -0.05) is 16.8 Å². The molecule has 0 radical (unpaired) electrons. The van der Waals surface area contributed by atoms with Gasteiger partial charge in [0.25, 0.3) is 0 Å². The maximum Gasteiger partial charge on any atom is 0.193 e. The number of nitrogens with zero attached hydrogens (tertiary/aromatic N) is 3. The first kappa shape index (κ1) is 21.2. The van der Waals surface area contributed by atoms with Gasteiger partial charge in [0.15, 0.2) is 5.96 Å². The normalized spacial score (nSPS) is 11.3. The highest BCUT2D eigenvalue weighted by Gasteiger charge is 2.10. The Morgan fingerprint density at radius 3 is 2.71 bits per heavy atom. The van der Waals surface area contributed by atoms with Crippen molar-refractivity contribution < 1.29 is 4.52 Å². The van der Waals surface area contributed by atoms with Crippen molar-refractivity contribution in [1.82, 2.24) is 15.4 Å². The highest BCUT2D eigenvalue weighted by molar-refractivity contribution is 14.0. The Hall–Kier alpha value is -0.800. The minimum absolute atomic E-state index is 0. The van der Waals surface area contributed by atoms with Crippen LogP contribution in [-0.2, 0) is 13.0 Å². The SMILES string of the molecule is CCNC(=NCCc1c(C)noc1C)N(C)Cc1ccc(Cl)s1.I. The molecule has 0 fully saturated rings. The van der Waals surface area contributed by atoms with Crippen LogP contribution in [-0.4, -0.2) is 36.2 Å². The summed E-state index contributed by atoms with van der Waals surface area (Å²) in [5.41, 5.74) is 2.10. The van der Waals surface area contributed by atoms with Crippen LogP contribution in [0.5, 0.6) is 0 Å². The second-order valence-corrected chi connectivity index (χ2v) is 7.15. The third kappa shape index (κ3) is 5.93. The van der Waals surface area contributed by atoms with Gasteiger partial charge in [0.1, 0.15) is 5.76 Å². The number of thiophene rings is 1. The monoisotopic (exact) mass is 482 g/mol. The molecule has 24 heavy (non-hydrogen) atoms. The highest BCUT2D eigenvalue weighted by Crippen LogP contribution is 2.22. The van der Waals surface area contributed by atoms with E-state index < -0.39 is 0 Å². The van der Waals surface area contributed by atoms with Crippen molar-refractivity contribution in [3.63, 3.8) is 0 Å². The van der Waals surface area contributed by atoms with E-state index in [4.69, 9.17) is 21.1 Å². The van der Waals surface area contributed by atoms with Gasteiger partial charge in [-0.2, -0.15) is 0 Å². The first-order valence-electron chi connectivity index (χ1n) is 7.66. The van der Waals surface area contributed by atoms with Crippen molar-refractivity contribution in [2.75, 3.05) is 20.1 Å². The molecule has 0 aromatic carbocycles. The zero-order valence-corrected chi connectivity index (χ0v) is 18.3. The Labute approximate surface area is 169 Å². The van der Waals surface area contributed by atoms with Crippen LogP contribution in [0.1, 0.15) is 28.8 Å². The van der Waals surface area contributed by atoms with Crippen LogP contribution >= 0.6 is 46.9 Å². The minimum atomic E-state index is 0. The highest BCUT2D eigenvalue weighted by atomic mass is 127. The van der Waals surface area contributed by atoms with Crippen molar-refractivity contribution in [3.05, 3.63) is 38.4 Å². The molecule has 0 aliphatic rings. The van der Waals surface area contributed by atoms with Crippen LogP contribution in [0.25, 0.3) is 0 Å². The lowest BCUT2D eigenvalue weighted by atomic mass is 10.1. The topological polar surface area (TPSA) is 53.7 Å². The summed E-state index contributed by atoms with van der Waals surface area (Å²) in [4.78, 5) is 8.03. The maximum absolute atomic E-state index is 5.99. The van der Waals surface area contributed by atoms with Crippen LogP contribution in [0.2, 0.25) is 4.34 Å². The van der Waals surface area contributed by atoms with Crippen LogP contribution in [0.15, 0.2) is 21.6 Å². The number of hydrogen-bond acceptors (Lipinski definition) is 4. The second-order valence-electron chi connectivity index (χ2n) is 5.35. The van der Waals surface area contributed by atoms with E-state index in [0.717, 1.165) is 46.8 Å². The molecule has 1 N–H and O–H groups in total. The Balaban J connectivity index is 0.00000288.